The topological polar surface area (TPSA) is 26.0 Å². The van der Waals surface area contributed by atoms with Crippen molar-refractivity contribution in [1.82, 2.24) is 0 Å². The lowest BCUT2D eigenvalue weighted by molar-refractivity contribution is 0.153. The summed E-state index contributed by atoms with van der Waals surface area (Å²) < 4.78 is 14.0. The van der Waals surface area contributed by atoms with Crippen molar-refractivity contribution in [2.24, 2.45) is 17.1 Å². The first kappa shape index (κ1) is 15.0. The van der Waals surface area contributed by atoms with Crippen LogP contribution in [0.15, 0.2) is 22.7 Å². The summed E-state index contributed by atoms with van der Waals surface area (Å²) in [7, 11) is 0. The zero-order chi connectivity index (χ0) is 13.9. The first-order valence-electron chi connectivity index (χ1n) is 7.22. The normalized spacial score (nSPS) is 27.5. The molecule has 0 heterocycles. The maximum Gasteiger partial charge on any atom is 0.124 e. The molecule has 0 atom stereocenters. The molecular weight excluding hydrogens is 305 g/mol. The largest absolute Gasteiger partial charge is 0.330 e. The summed E-state index contributed by atoms with van der Waals surface area (Å²) in [4.78, 5) is 0. The molecule has 106 valence electrons. The molecule has 1 aromatic carbocycles. The van der Waals surface area contributed by atoms with Crippen molar-refractivity contribution in [3.63, 3.8) is 0 Å². The van der Waals surface area contributed by atoms with Crippen LogP contribution in [-0.4, -0.2) is 6.54 Å². The molecule has 0 amide bonds. The van der Waals surface area contributed by atoms with Crippen molar-refractivity contribution in [2.45, 2.75) is 45.4 Å². The van der Waals surface area contributed by atoms with Crippen LogP contribution >= 0.6 is 15.9 Å². The monoisotopic (exact) mass is 327 g/mol. The number of nitrogens with two attached hydrogens (primary N) is 1. The van der Waals surface area contributed by atoms with E-state index in [1.54, 1.807) is 12.1 Å². The van der Waals surface area contributed by atoms with Gasteiger partial charge < -0.3 is 5.73 Å². The van der Waals surface area contributed by atoms with Gasteiger partial charge in [0.25, 0.3) is 0 Å². The molecule has 1 aliphatic carbocycles. The van der Waals surface area contributed by atoms with Gasteiger partial charge in [-0.2, -0.15) is 0 Å². The van der Waals surface area contributed by atoms with Gasteiger partial charge in [-0.15, -0.1) is 0 Å². The van der Waals surface area contributed by atoms with E-state index < -0.39 is 0 Å². The van der Waals surface area contributed by atoms with Crippen LogP contribution < -0.4 is 5.73 Å². The van der Waals surface area contributed by atoms with Crippen molar-refractivity contribution in [1.29, 1.82) is 0 Å². The molecule has 1 nitrogen and oxygen atoms in total. The molecule has 2 rings (SSSR count). The molecule has 0 aromatic heterocycles. The molecule has 0 bridgehead atoms. The average Bonchev–Trinajstić information content (AvgIpc) is 2.43. The maximum absolute atomic E-state index is 13.1. The molecule has 1 aliphatic rings. The molecule has 0 saturated heterocycles. The fraction of sp³-hybridized carbons (Fsp3) is 0.625. The van der Waals surface area contributed by atoms with E-state index in [9.17, 15) is 4.39 Å². The van der Waals surface area contributed by atoms with Gasteiger partial charge in [0.1, 0.15) is 5.82 Å². The van der Waals surface area contributed by atoms with Gasteiger partial charge in [0, 0.05) is 4.47 Å². The minimum Gasteiger partial charge on any atom is -0.330 e. The van der Waals surface area contributed by atoms with Crippen molar-refractivity contribution in [3.8, 4) is 0 Å². The molecular formula is C16H23BrFN. The SMILES string of the molecule is CCC1CCC(CN)(Cc2ccc(F)cc2Br)CC1. The predicted octanol–water partition coefficient (Wildman–Crippen LogP) is 4.68. The van der Waals surface area contributed by atoms with E-state index in [1.165, 1.54) is 37.7 Å². The van der Waals surface area contributed by atoms with Crippen LogP contribution in [-0.2, 0) is 6.42 Å². The van der Waals surface area contributed by atoms with Crippen LogP contribution in [0.3, 0.4) is 0 Å². The van der Waals surface area contributed by atoms with Crippen LogP contribution in [0, 0.1) is 17.2 Å². The first-order chi connectivity index (χ1) is 9.08. The molecule has 0 aliphatic heterocycles. The fourth-order valence-electron chi connectivity index (χ4n) is 3.22. The molecule has 1 fully saturated rings. The van der Waals surface area contributed by atoms with Crippen molar-refractivity contribution >= 4 is 15.9 Å². The van der Waals surface area contributed by atoms with Gasteiger partial charge >= 0.3 is 0 Å². The molecule has 3 heteroatoms. The van der Waals surface area contributed by atoms with Crippen molar-refractivity contribution in [2.75, 3.05) is 6.54 Å². The Morgan fingerprint density at radius 2 is 2.05 bits per heavy atom. The Morgan fingerprint density at radius 3 is 2.58 bits per heavy atom. The van der Waals surface area contributed by atoms with Gasteiger partial charge in [0.05, 0.1) is 0 Å². The zero-order valence-corrected chi connectivity index (χ0v) is 13.2. The maximum atomic E-state index is 13.1. The highest BCUT2D eigenvalue weighted by molar-refractivity contribution is 9.10. The lowest BCUT2D eigenvalue weighted by atomic mass is 9.67. The highest BCUT2D eigenvalue weighted by Gasteiger charge is 2.34. The van der Waals surface area contributed by atoms with E-state index in [2.05, 4.69) is 22.9 Å². The smallest absolute Gasteiger partial charge is 0.124 e. The van der Waals surface area contributed by atoms with E-state index >= 15 is 0 Å². The molecule has 0 spiro atoms. The van der Waals surface area contributed by atoms with Crippen LogP contribution in [0.25, 0.3) is 0 Å². The second-order valence-corrected chi connectivity index (χ2v) is 6.82. The van der Waals surface area contributed by atoms with Gasteiger partial charge in [0.2, 0.25) is 0 Å². The number of rotatable bonds is 4. The lowest BCUT2D eigenvalue weighted by Crippen LogP contribution is -2.36. The Labute approximate surface area is 123 Å². The minimum absolute atomic E-state index is 0.188. The molecule has 1 aromatic rings. The number of hydrogen-bond acceptors (Lipinski definition) is 1. The van der Waals surface area contributed by atoms with Crippen molar-refractivity contribution < 1.29 is 4.39 Å². The van der Waals surface area contributed by atoms with Gasteiger partial charge in [-0.1, -0.05) is 35.3 Å². The van der Waals surface area contributed by atoms with Gasteiger partial charge in [-0.3, -0.25) is 0 Å². The van der Waals surface area contributed by atoms with E-state index in [0.717, 1.165) is 23.4 Å². The molecule has 19 heavy (non-hydrogen) atoms. The lowest BCUT2D eigenvalue weighted by Gasteiger charge is -2.39. The summed E-state index contributed by atoms with van der Waals surface area (Å²) in [6, 6.07) is 4.99. The third kappa shape index (κ3) is 3.57. The third-order valence-corrected chi connectivity index (χ3v) is 5.49. The van der Waals surface area contributed by atoms with E-state index in [1.807, 2.05) is 6.07 Å². The van der Waals surface area contributed by atoms with Crippen LogP contribution in [0.5, 0.6) is 0 Å². The number of halogens is 2. The number of benzene rings is 1. The summed E-state index contributed by atoms with van der Waals surface area (Å²) in [5.41, 5.74) is 7.46. The second kappa shape index (κ2) is 6.36. The highest BCUT2D eigenvalue weighted by Crippen LogP contribution is 2.42. The summed E-state index contributed by atoms with van der Waals surface area (Å²) in [5, 5.41) is 0. The zero-order valence-electron chi connectivity index (χ0n) is 11.6. The van der Waals surface area contributed by atoms with Crippen molar-refractivity contribution in [3.05, 3.63) is 34.1 Å². The summed E-state index contributed by atoms with van der Waals surface area (Å²) in [5.74, 6) is 0.684. The van der Waals surface area contributed by atoms with Gasteiger partial charge in [-0.05, 0) is 67.7 Å². The molecule has 0 unspecified atom stereocenters. The Hall–Kier alpha value is -0.410. The summed E-state index contributed by atoms with van der Waals surface area (Å²) >= 11 is 3.47. The van der Waals surface area contributed by atoms with Crippen LogP contribution in [0.1, 0.15) is 44.6 Å². The third-order valence-electron chi connectivity index (χ3n) is 4.76. The van der Waals surface area contributed by atoms with Crippen LogP contribution in [0.4, 0.5) is 4.39 Å². The average molecular weight is 328 g/mol. The van der Waals surface area contributed by atoms with E-state index in [4.69, 9.17) is 5.73 Å². The standard InChI is InChI=1S/C16H23BrFN/c1-2-12-5-7-16(11-19,8-6-12)10-13-3-4-14(18)9-15(13)17/h3-4,9,12H,2,5-8,10-11,19H2,1H3. The van der Waals surface area contributed by atoms with E-state index in [-0.39, 0.29) is 11.2 Å². The Morgan fingerprint density at radius 1 is 1.37 bits per heavy atom. The highest BCUT2D eigenvalue weighted by atomic mass is 79.9. The molecule has 0 radical (unpaired) electrons. The first-order valence-corrected chi connectivity index (χ1v) is 8.02. The Kier molecular flexibility index (Phi) is 5.02. The van der Waals surface area contributed by atoms with Gasteiger partial charge in [-0.25, -0.2) is 4.39 Å². The quantitative estimate of drug-likeness (QED) is 0.853. The molecule has 2 N–H and O–H groups in total. The molecule has 1 saturated carbocycles. The fourth-order valence-corrected chi connectivity index (χ4v) is 3.71. The summed E-state index contributed by atoms with van der Waals surface area (Å²) in [6.45, 7) is 3.00. The second-order valence-electron chi connectivity index (χ2n) is 5.97. The van der Waals surface area contributed by atoms with Gasteiger partial charge in [0.15, 0.2) is 0 Å². The van der Waals surface area contributed by atoms with E-state index in [0.29, 0.717) is 0 Å². The Balaban J connectivity index is 2.10. The van der Waals surface area contributed by atoms with Crippen LogP contribution in [0.2, 0.25) is 0 Å². The predicted molar refractivity (Wildman–Crippen MR) is 81.5 cm³/mol. The number of hydrogen-bond donors (Lipinski definition) is 1. The Bertz CT molecular complexity index is 425. The summed E-state index contributed by atoms with van der Waals surface area (Å²) in [6.07, 6.45) is 7.21. The minimum atomic E-state index is -0.188.